The van der Waals surface area contributed by atoms with Gasteiger partial charge in [-0.1, -0.05) is 28.8 Å². The fourth-order valence-electron chi connectivity index (χ4n) is 3.31. The van der Waals surface area contributed by atoms with Crippen LogP contribution in [0.5, 0.6) is 0 Å². The molecule has 1 atom stereocenters. The molecule has 2 rings (SSSR count). The van der Waals surface area contributed by atoms with Crippen molar-refractivity contribution in [2.75, 3.05) is 25.0 Å². The van der Waals surface area contributed by atoms with Crippen molar-refractivity contribution >= 4 is 15.9 Å². The number of alkyl halides is 4. The minimum absolute atomic E-state index is 0.00295. The lowest BCUT2D eigenvalue weighted by atomic mass is 9.98. The summed E-state index contributed by atoms with van der Waals surface area (Å²) in [6.45, 7) is -0.0370. The SMILES string of the molecule is FC(F)(F)CN(CCBr)CC1CCC2(CCCC2)O1. The maximum atomic E-state index is 12.5. The topological polar surface area (TPSA) is 12.5 Å². The van der Waals surface area contributed by atoms with E-state index in [-0.39, 0.29) is 11.7 Å². The van der Waals surface area contributed by atoms with Crippen LogP contribution in [0, 0.1) is 0 Å². The zero-order chi connectivity index (χ0) is 13.9. The third-order valence-corrected chi connectivity index (χ3v) is 4.47. The van der Waals surface area contributed by atoms with Crippen LogP contribution < -0.4 is 0 Å². The highest BCUT2D eigenvalue weighted by molar-refractivity contribution is 9.09. The Morgan fingerprint density at radius 3 is 2.47 bits per heavy atom. The smallest absolute Gasteiger partial charge is 0.370 e. The van der Waals surface area contributed by atoms with Gasteiger partial charge in [0.15, 0.2) is 0 Å². The highest BCUT2D eigenvalue weighted by Gasteiger charge is 2.43. The minimum Gasteiger partial charge on any atom is -0.370 e. The normalized spacial score (nSPS) is 26.7. The molecule has 2 fully saturated rings. The molecule has 1 aliphatic heterocycles. The van der Waals surface area contributed by atoms with E-state index in [1.54, 1.807) is 0 Å². The molecule has 1 saturated carbocycles. The van der Waals surface area contributed by atoms with E-state index in [4.69, 9.17) is 4.74 Å². The van der Waals surface area contributed by atoms with Gasteiger partial charge in [-0.25, -0.2) is 0 Å². The molecule has 1 unspecified atom stereocenters. The molecule has 0 radical (unpaired) electrons. The molecule has 19 heavy (non-hydrogen) atoms. The Kier molecular flexibility index (Phi) is 5.17. The first-order valence-electron chi connectivity index (χ1n) is 6.95. The first kappa shape index (κ1) is 15.6. The van der Waals surface area contributed by atoms with Crippen molar-refractivity contribution in [3.8, 4) is 0 Å². The molecule has 1 spiro atoms. The van der Waals surface area contributed by atoms with Crippen LogP contribution in [0.15, 0.2) is 0 Å². The van der Waals surface area contributed by atoms with Gasteiger partial charge in [0.25, 0.3) is 0 Å². The van der Waals surface area contributed by atoms with Gasteiger partial charge in [-0.05, 0) is 25.7 Å². The zero-order valence-electron chi connectivity index (χ0n) is 11.0. The first-order chi connectivity index (χ1) is 8.92. The number of rotatable bonds is 5. The van der Waals surface area contributed by atoms with Crippen molar-refractivity contribution in [1.82, 2.24) is 4.90 Å². The molecule has 0 aromatic carbocycles. The third-order valence-electron chi connectivity index (χ3n) is 4.12. The molecule has 1 aliphatic carbocycles. The largest absolute Gasteiger partial charge is 0.401 e. The minimum atomic E-state index is -4.13. The Hall–Kier alpha value is 0.190. The Morgan fingerprint density at radius 1 is 1.21 bits per heavy atom. The average molecular weight is 344 g/mol. The van der Waals surface area contributed by atoms with E-state index in [9.17, 15) is 13.2 Å². The standard InChI is InChI=1S/C13H21BrF3NO/c14-7-8-18(10-13(15,16)17)9-11-3-6-12(19-11)4-1-2-5-12/h11H,1-10H2. The predicted octanol–water partition coefficient (Wildman–Crippen LogP) is 3.74. The van der Waals surface area contributed by atoms with Crippen molar-refractivity contribution < 1.29 is 17.9 Å². The quantitative estimate of drug-likeness (QED) is 0.705. The summed E-state index contributed by atoms with van der Waals surface area (Å²) in [6, 6.07) is 0. The van der Waals surface area contributed by atoms with Crippen LogP contribution >= 0.6 is 15.9 Å². The van der Waals surface area contributed by atoms with Gasteiger partial charge in [0.1, 0.15) is 0 Å². The van der Waals surface area contributed by atoms with E-state index >= 15 is 0 Å². The summed E-state index contributed by atoms with van der Waals surface area (Å²) in [7, 11) is 0. The molecule has 0 N–H and O–H groups in total. The average Bonchev–Trinajstić information content (AvgIpc) is 2.88. The summed E-state index contributed by atoms with van der Waals surface area (Å²) < 4.78 is 43.6. The van der Waals surface area contributed by atoms with E-state index in [0.29, 0.717) is 18.4 Å². The van der Waals surface area contributed by atoms with Crippen LogP contribution in [0.2, 0.25) is 0 Å². The summed E-state index contributed by atoms with van der Waals surface area (Å²) in [4.78, 5) is 1.45. The molecule has 6 heteroatoms. The maximum Gasteiger partial charge on any atom is 0.401 e. The first-order valence-corrected chi connectivity index (χ1v) is 8.07. The molecule has 0 bridgehead atoms. The third kappa shape index (κ3) is 4.60. The van der Waals surface area contributed by atoms with Gasteiger partial charge in [-0.2, -0.15) is 13.2 Å². The summed E-state index contributed by atoms with van der Waals surface area (Å²) >= 11 is 3.22. The van der Waals surface area contributed by atoms with Crippen molar-refractivity contribution in [2.45, 2.75) is 56.4 Å². The highest BCUT2D eigenvalue weighted by atomic mass is 79.9. The van der Waals surface area contributed by atoms with Gasteiger partial charge >= 0.3 is 6.18 Å². The van der Waals surface area contributed by atoms with Crippen LogP contribution in [0.25, 0.3) is 0 Å². The molecule has 0 aromatic heterocycles. The number of halogens is 4. The van der Waals surface area contributed by atoms with Gasteiger partial charge < -0.3 is 4.74 Å². The number of nitrogens with zero attached hydrogens (tertiary/aromatic N) is 1. The monoisotopic (exact) mass is 343 g/mol. The molecule has 0 aromatic rings. The molecule has 112 valence electrons. The lowest BCUT2D eigenvalue weighted by Crippen LogP contribution is -2.41. The second kappa shape index (κ2) is 6.31. The molecule has 2 nitrogen and oxygen atoms in total. The van der Waals surface area contributed by atoms with Gasteiger partial charge in [0, 0.05) is 18.4 Å². The predicted molar refractivity (Wildman–Crippen MR) is 71.6 cm³/mol. The van der Waals surface area contributed by atoms with Gasteiger partial charge in [0.05, 0.1) is 18.2 Å². The van der Waals surface area contributed by atoms with Gasteiger partial charge in [-0.3, -0.25) is 4.90 Å². The lowest BCUT2D eigenvalue weighted by Gasteiger charge is -2.28. The molecule has 1 heterocycles. The highest BCUT2D eigenvalue weighted by Crippen LogP contribution is 2.43. The van der Waals surface area contributed by atoms with E-state index in [1.807, 2.05) is 0 Å². The fourth-order valence-corrected chi connectivity index (χ4v) is 3.81. The molecular weight excluding hydrogens is 323 g/mol. The molecular formula is C13H21BrF3NO. The van der Waals surface area contributed by atoms with Gasteiger partial charge in [-0.15, -0.1) is 0 Å². The van der Waals surface area contributed by atoms with Crippen LogP contribution in [-0.4, -0.2) is 47.7 Å². The van der Waals surface area contributed by atoms with Crippen molar-refractivity contribution in [3.05, 3.63) is 0 Å². The van der Waals surface area contributed by atoms with Crippen molar-refractivity contribution in [3.63, 3.8) is 0 Å². The van der Waals surface area contributed by atoms with E-state index in [2.05, 4.69) is 15.9 Å². The van der Waals surface area contributed by atoms with E-state index in [0.717, 1.165) is 25.7 Å². The Bertz CT molecular complexity index is 292. The summed E-state index contributed by atoms with van der Waals surface area (Å²) in [5.74, 6) is 0. The van der Waals surface area contributed by atoms with Crippen LogP contribution in [0.4, 0.5) is 13.2 Å². The maximum absolute atomic E-state index is 12.5. The lowest BCUT2D eigenvalue weighted by molar-refractivity contribution is -0.150. The summed E-state index contributed by atoms with van der Waals surface area (Å²) in [6.07, 6.45) is 2.32. The van der Waals surface area contributed by atoms with Crippen LogP contribution in [-0.2, 0) is 4.74 Å². The van der Waals surface area contributed by atoms with E-state index in [1.165, 1.54) is 17.7 Å². The van der Waals surface area contributed by atoms with Gasteiger partial charge in [0.2, 0.25) is 0 Å². The molecule has 1 saturated heterocycles. The number of ether oxygens (including phenoxy) is 1. The number of hydrogen-bond acceptors (Lipinski definition) is 2. The molecule has 0 amide bonds. The van der Waals surface area contributed by atoms with Crippen molar-refractivity contribution in [1.29, 1.82) is 0 Å². The Labute approximate surface area is 120 Å². The second-order valence-electron chi connectivity index (χ2n) is 5.71. The summed E-state index contributed by atoms with van der Waals surface area (Å²) in [5.41, 5.74) is 0.00295. The Balaban J connectivity index is 1.84. The second-order valence-corrected chi connectivity index (χ2v) is 6.50. The van der Waals surface area contributed by atoms with Crippen LogP contribution in [0.3, 0.4) is 0 Å². The number of hydrogen-bond donors (Lipinski definition) is 0. The van der Waals surface area contributed by atoms with E-state index < -0.39 is 12.7 Å². The van der Waals surface area contributed by atoms with Crippen LogP contribution in [0.1, 0.15) is 38.5 Å². The summed E-state index contributed by atoms with van der Waals surface area (Å²) in [5, 5.41) is 0.556. The zero-order valence-corrected chi connectivity index (χ0v) is 12.6. The fraction of sp³-hybridized carbons (Fsp3) is 1.00. The Morgan fingerprint density at radius 2 is 1.89 bits per heavy atom. The molecule has 2 aliphatic rings. The van der Waals surface area contributed by atoms with Crippen molar-refractivity contribution in [2.24, 2.45) is 0 Å².